The summed E-state index contributed by atoms with van der Waals surface area (Å²) in [7, 11) is 0. The molecule has 0 bridgehead atoms. The van der Waals surface area contributed by atoms with Crippen molar-refractivity contribution in [3.8, 4) is 0 Å². The van der Waals surface area contributed by atoms with Gasteiger partial charge >= 0.3 is 11.8 Å². The molecule has 120 valence electrons. The molecule has 0 radical (unpaired) electrons. The predicted octanol–water partition coefficient (Wildman–Crippen LogP) is 3.25. The van der Waals surface area contributed by atoms with E-state index < -0.39 is 11.8 Å². The van der Waals surface area contributed by atoms with Crippen molar-refractivity contribution in [1.82, 2.24) is 5.32 Å². The molecule has 0 spiro atoms. The Morgan fingerprint density at radius 3 is 2.18 bits per heavy atom. The Balaban J connectivity index is 2.01. The Morgan fingerprint density at radius 1 is 1.00 bits per heavy atom. The minimum atomic E-state index is -0.576. The number of anilines is 1. The van der Waals surface area contributed by atoms with E-state index in [9.17, 15) is 9.59 Å². The number of benzene rings is 1. The molecule has 22 heavy (non-hydrogen) atoms. The molecule has 2 amide bonds. The largest absolute Gasteiger partial charge is 0.345 e. The van der Waals surface area contributed by atoms with E-state index in [1.807, 2.05) is 32.9 Å². The molecule has 4 nitrogen and oxygen atoms in total. The number of amides is 2. The highest BCUT2D eigenvalue weighted by atomic mass is 16.2. The lowest BCUT2D eigenvalue weighted by Gasteiger charge is -2.29. The van der Waals surface area contributed by atoms with Crippen molar-refractivity contribution in [2.24, 2.45) is 5.92 Å². The lowest BCUT2D eigenvalue weighted by Crippen LogP contribution is -2.45. The van der Waals surface area contributed by atoms with Gasteiger partial charge in [-0.1, -0.05) is 37.5 Å². The van der Waals surface area contributed by atoms with Crippen LogP contribution in [0.3, 0.4) is 0 Å². The maximum Gasteiger partial charge on any atom is 0.313 e. The van der Waals surface area contributed by atoms with Crippen LogP contribution in [-0.2, 0) is 9.59 Å². The fourth-order valence-corrected chi connectivity index (χ4v) is 3.31. The third kappa shape index (κ3) is 3.87. The van der Waals surface area contributed by atoms with Crippen molar-refractivity contribution in [1.29, 1.82) is 0 Å². The van der Waals surface area contributed by atoms with Crippen LogP contribution >= 0.6 is 0 Å². The van der Waals surface area contributed by atoms with E-state index in [-0.39, 0.29) is 6.04 Å². The van der Waals surface area contributed by atoms with Gasteiger partial charge in [0.15, 0.2) is 0 Å². The average Bonchev–Trinajstić information content (AvgIpc) is 2.45. The molecule has 2 atom stereocenters. The summed E-state index contributed by atoms with van der Waals surface area (Å²) in [6.07, 6.45) is 4.40. The Bertz CT molecular complexity index is 557. The van der Waals surface area contributed by atoms with Crippen molar-refractivity contribution in [2.75, 3.05) is 5.32 Å². The van der Waals surface area contributed by atoms with E-state index in [1.54, 1.807) is 0 Å². The van der Waals surface area contributed by atoms with Crippen LogP contribution in [0.5, 0.6) is 0 Å². The number of rotatable bonds is 2. The van der Waals surface area contributed by atoms with E-state index >= 15 is 0 Å². The second-order valence-corrected chi connectivity index (χ2v) is 6.57. The molecule has 1 saturated carbocycles. The molecule has 4 heteroatoms. The molecule has 0 aliphatic heterocycles. The van der Waals surface area contributed by atoms with Crippen molar-refractivity contribution >= 4 is 17.5 Å². The van der Waals surface area contributed by atoms with Crippen LogP contribution in [0.4, 0.5) is 5.69 Å². The van der Waals surface area contributed by atoms with Crippen molar-refractivity contribution in [2.45, 2.75) is 59.4 Å². The van der Waals surface area contributed by atoms with Crippen LogP contribution in [0, 0.1) is 26.7 Å². The fraction of sp³-hybridized carbons (Fsp3) is 0.556. The van der Waals surface area contributed by atoms with E-state index in [0.29, 0.717) is 5.92 Å². The van der Waals surface area contributed by atoms with Gasteiger partial charge in [0.25, 0.3) is 0 Å². The van der Waals surface area contributed by atoms with E-state index in [1.165, 1.54) is 6.42 Å². The highest BCUT2D eigenvalue weighted by Crippen LogP contribution is 2.24. The molecular weight excluding hydrogens is 276 g/mol. The van der Waals surface area contributed by atoms with Gasteiger partial charge in [0, 0.05) is 11.7 Å². The standard InChI is InChI=1S/C18H26N2O2/c1-11-9-13(3)16(14(4)10-11)20-18(22)17(21)19-15-8-6-5-7-12(15)2/h9-10,12,15H,5-8H2,1-4H3,(H,19,21)(H,20,22). The average molecular weight is 302 g/mol. The van der Waals surface area contributed by atoms with Crippen LogP contribution in [0.2, 0.25) is 0 Å². The molecule has 2 N–H and O–H groups in total. The maximum absolute atomic E-state index is 12.2. The number of nitrogens with one attached hydrogen (secondary N) is 2. The lowest BCUT2D eigenvalue weighted by atomic mass is 9.86. The molecule has 1 aromatic rings. The van der Waals surface area contributed by atoms with Gasteiger partial charge in [0.2, 0.25) is 0 Å². The molecule has 0 aromatic heterocycles. The SMILES string of the molecule is Cc1cc(C)c(NC(=O)C(=O)NC2CCCCC2C)c(C)c1. The first kappa shape index (κ1) is 16.5. The topological polar surface area (TPSA) is 58.2 Å². The number of aryl methyl sites for hydroxylation is 3. The van der Waals surface area contributed by atoms with Crippen LogP contribution in [0.15, 0.2) is 12.1 Å². The highest BCUT2D eigenvalue weighted by Gasteiger charge is 2.25. The summed E-state index contributed by atoms with van der Waals surface area (Å²) in [5.74, 6) is -0.667. The third-order valence-electron chi connectivity index (χ3n) is 4.55. The number of hydrogen-bond acceptors (Lipinski definition) is 2. The summed E-state index contributed by atoms with van der Waals surface area (Å²) >= 11 is 0. The molecular formula is C18H26N2O2. The van der Waals surface area contributed by atoms with Crippen molar-refractivity contribution < 1.29 is 9.59 Å². The van der Waals surface area contributed by atoms with Crippen LogP contribution in [0.1, 0.15) is 49.3 Å². The summed E-state index contributed by atoms with van der Waals surface area (Å²) in [4.78, 5) is 24.3. The first-order chi connectivity index (χ1) is 10.4. The van der Waals surface area contributed by atoms with Crippen molar-refractivity contribution in [3.63, 3.8) is 0 Å². The van der Waals surface area contributed by atoms with Gasteiger partial charge in [-0.2, -0.15) is 0 Å². The smallest absolute Gasteiger partial charge is 0.313 e. The van der Waals surface area contributed by atoms with Gasteiger partial charge in [-0.25, -0.2) is 0 Å². The minimum Gasteiger partial charge on any atom is -0.345 e. The van der Waals surface area contributed by atoms with Gasteiger partial charge in [-0.15, -0.1) is 0 Å². The summed E-state index contributed by atoms with van der Waals surface area (Å²) < 4.78 is 0. The van der Waals surface area contributed by atoms with E-state index in [2.05, 4.69) is 17.6 Å². The second kappa shape index (κ2) is 6.95. The Hall–Kier alpha value is -1.84. The molecule has 2 unspecified atom stereocenters. The monoisotopic (exact) mass is 302 g/mol. The number of carbonyl (C=O) groups excluding carboxylic acids is 2. The Morgan fingerprint density at radius 2 is 1.59 bits per heavy atom. The quantitative estimate of drug-likeness (QED) is 0.824. The van der Waals surface area contributed by atoms with Gasteiger partial charge in [0.05, 0.1) is 0 Å². The molecule has 1 fully saturated rings. The van der Waals surface area contributed by atoms with Gasteiger partial charge < -0.3 is 10.6 Å². The van der Waals surface area contributed by atoms with Crippen LogP contribution < -0.4 is 10.6 Å². The first-order valence-corrected chi connectivity index (χ1v) is 8.08. The first-order valence-electron chi connectivity index (χ1n) is 8.08. The molecule has 1 aromatic carbocycles. The van der Waals surface area contributed by atoms with E-state index in [4.69, 9.17) is 0 Å². The Kier molecular flexibility index (Phi) is 5.22. The maximum atomic E-state index is 12.2. The van der Waals surface area contributed by atoms with Crippen molar-refractivity contribution in [3.05, 3.63) is 28.8 Å². The highest BCUT2D eigenvalue weighted by molar-refractivity contribution is 6.39. The lowest BCUT2D eigenvalue weighted by molar-refractivity contribution is -0.137. The normalized spacial score (nSPS) is 21.3. The summed E-state index contributed by atoms with van der Waals surface area (Å²) in [5, 5.41) is 5.65. The van der Waals surface area contributed by atoms with E-state index in [0.717, 1.165) is 41.6 Å². The van der Waals surface area contributed by atoms with Gasteiger partial charge in [-0.05, 0) is 50.7 Å². The summed E-state index contributed by atoms with van der Waals surface area (Å²) in [5.41, 5.74) is 3.84. The minimum absolute atomic E-state index is 0.118. The third-order valence-corrected chi connectivity index (χ3v) is 4.55. The fourth-order valence-electron chi connectivity index (χ4n) is 3.31. The summed E-state index contributed by atoms with van der Waals surface area (Å²) in [6.45, 7) is 8.03. The van der Waals surface area contributed by atoms with Gasteiger partial charge in [-0.3, -0.25) is 9.59 Å². The molecule has 2 rings (SSSR count). The predicted molar refractivity (Wildman–Crippen MR) is 88.8 cm³/mol. The zero-order chi connectivity index (χ0) is 16.3. The molecule has 1 aliphatic carbocycles. The molecule has 0 saturated heterocycles. The number of carbonyl (C=O) groups is 2. The molecule has 0 heterocycles. The number of hydrogen-bond donors (Lipinski definition) is 2. The van der Waals surface area contributed by atoms with Gasteiger partial charge in [0.1, 0.15) is 0 Å². The summed E-state index contributed by atoms with van der Waals surface area (Å²) in [6, 6.07) is 4.13. The van der Waals surface area contributed by atoms with Crippen LogP contribution in [0.25, 0.3) is 0 Å². The Labute approximate surface area is 132 Å². The molecule has 1 aliphatic rings. The van der Waals surface area contributed by atoms with Crippen LogP contribution in [-0.4, -0.2) is 17.9 Å². The second-order valence-electron chi connectivity index (χ2n) is 6.57. The zero-order valence-electron chi connectivity index (χ0n) is 14.0. The zero-order valence-corrected chi connectivity index (χ0v) is 14.0.